The molecule has 6 nitrogen and oxygen atoms in total. The van der Waals surface area contributed by atoms with Crippen LogP contribution in [0, 0.1) is 11.3 Å². The van der Waals surface area contributed by atoms with E-state index < -0.39 is 34.7 Å². The van der Waals surface area contributed by atoms with Crippen LogP contribution in [0.3, 0.4) is 0 Å². The molecule has 130 valence electrons. The predicted octanol–water partition coefficient (Wildman–Crippen LogP) is 2.38. The molecule has 0 aromatic carbocycles. The van der Waals surface area contributed by atoms with Crippen molar-refractivity contribution < 1.29 is 28.6 Å². The Balaban J connectivity index is 2.05. The van der Waals surface area contributed by atoms with Gasteiger partial charge in [0.2, 0.25) is 5.60 Å². The second-order valence-corrected chi connectivity index (χ2v) is 8.25. The predicted molar refractivity (Wildman–Crippen MR) is 81.3 cm³/mol. The third-order valence-electron chi connectivity index (χ3n) is 4.54. The van der Waals surface area contributed by atoms with E-state index in [0.29, 0.717) is 19.3 Å². The smallest absolute Gasteiger partial charge is 0.350 e. The van der Waals surface area contributed by atoms with Gasteiger partial charge in [0.05, 0.1) is 11.3 Å². The van der Waals surface area contributed by atoms with E-state index in [0.717, 1.165) is 0 Å². The van der Waals surface area contributed by atoms with Crippen LogP contribution in [0.25, 0.3) is 0 Å². The first-order chi connectivity index (χ1) is 10.3. The van der Waals surface area contributed by atoms with Gasteiger partial charge in [-0.1, -0.05) is 0 Å². The molecule has 1 saturated heterocycles. The van der Waals surface area contributed by atoms with E-state index in [4.69, 9.17) is 14.2 Å². The summed E-state index contributed by atoms with van der Waals surface area (Å²) in [4.78, 5) is 36.2. The van der Waals surface area contributed by atoms with E-state index in [-0.39, 0.29) is 11.9 Å². The Kier molecular flexibility index (Phi) is 4.24. The molecule has 23 heavy (non-hydrogen) atoms. The average Bonchev–Trinajstić information content (AvgIpc) is 2.71. The lowest BCUT2D eigenvalue weighted by Crippen LogP contribution is -2.51. The molecule has 2 fully saturated rings. The van der Waals surface area contributed by atoms with Crippen molar-refractivity contribution >= 4 is 17.9 Å². The molecule has 2 rings (SSSR count). The Hall–Kier alpha value is -1.59. The highest BCUT2D eigenvalue weighted by Gasteiger charge is 2.53. The Morgan fingerprint density at radius 2 is 1.78 bits per heavy atom. The highest BCUT2D eigenvalue weighted by Crippen LogP contribution is 2.43. The fourth-order valence-electron chi connectivity index (χ4n) is 2.75. The van der Waals surface area contributed by atoms with E-state index in [1.54, 1.807) is 27.7 Å². The van der Waals surface area contributed by atoms with Crippen LogP contribution in [0.15, 0.2) is 0 Å². The van der Waals surface area contributed by atoms with Gasteiger partial charge in [-0.15, -0.1) is 0 Å². The zero-order valence-electron chi connectivity index (χ0n) is 14.7. The Bertz CT molecular complexity index is 530. The molecule has 0 amide bonds. The molecule has 0 N–H and O–H groups in total. The summed E-state index contributed by atoms with van der Waals surface area (Å²) in [6, 6.07) is 0. The van der Waals surface area contributed by atoms with E-state index >= 15 is 0 Å². The highest BCUT2D eigenvalue weighted by atomic mass is 16.6. The summed E-state index contributed by atoms with van der Waals surface area (Å²) in [7, 11) is 0. The van der Waals surface area contributed by atoms with Gasteiger partial charge in [0.1, 0.15) is 11.7 Å². The van der Waals surface area contributed by atoms with Gasteiger partial charge in [0, 0.05) is 6.42 Å². The van der Waals surface area contributed by atoms with Crippen LogP contribution in [0.2, 0.25) is 0 Å². The quantitative estimate of drug-likeness (QED) is 0.585. The Morgan fingerprint density at radius 3 is 2.35 bits per heavy atom. The topological polar surface area (TPSA) is 78.9 Å². The third kappa shape index (κ3) is 3.51. The maximum Gasteiger partial charge on any atom is 0.350 e. The van der Waals surface area contributed by atoms with E-state index in [1.165, 1.54) is 13.8 Å². The van der Waals surface area contributed by atoms with Gasteiger partial charge >= 0.3 is 17.9 Å². The first-order valence-corrected chi connectivity index (χ1v) is 8.02. The van der Waals surface area contributed by atoms with Crippen molar-refractivity contribution in [1.29, 1.82) is 0 Å². The SMILES string of the molecule is CC(C)(C)C(=O)OC(C)(C)C(=O)OC1(C)CCC2CC1OC2=O. The van der Waals surface area contributed by atoms with E-state index in [9.17, 15) is 14.4 Å². The second-order valence-electron chi connectivity index (χ2n) is 8.25. The average molecular weight is 326 g/mol. The number of carbonyl (C=O) groups is 3. The summed E-state index contributed by atoms with van der Waals surface area (Å²) in [5, 5.41) is 0. The number of esters is 3. The maximum atomic E-state index is 12.5. The monoisotopic (exact) mass is 326 g/mol. The van der Waals surface area contributed by atoms with Crippen LogP contribution in [0.4, 0.5) is 0 Å². The summed E-state index contributed by atoms with van der Waals surface area (Å²) in [5.74, 6) is -1.40. The number of hydrogen-bond donors (Lipinski definition) is 0. The summed E-state index contributed by atoms with van der Waals surface area (Å²) in [5.41, 5.74) is -2.97. The van der Waals surface area contributed by atoms with Crippen LogP contribution in [-0.2, 0) is 28.6 Å². The largest absolute Gasteiger partial charge is 0.458 e. The zero-order chi connectivity index (χ0) is 17.6. The van der Waals surface area contributed by atoms with Gasteiger partial charge < -0.3 is 14.2 Å². The fourth-order valence-corrected chi connectivity index (χ4v) is 2.75. The molecule has 1 heterocycles. The van der Waals surface area contributed by atoms with Gasteiger partial charge in [-0.05, 0) is 54.4 Å². The first-order valence-electron chi connectivity index (χ1n) is 8.02. The van der Waals surface area contributed by atoms with Crippen LogP contribution < -0.4 is 0 Å². The van der Waals surface area contributed by atoms with Gasteiger partial charge in [-0.2, -0.15) is 0 Å². The normalized spacial score (nSPS) is 30.6. The molecule has 1 aliphatic carbocycles. The second kappa shape index (κ2) is 5.49. The fraction of sp³-hybridized carbons (Fsp3) is 0.824. The van der Waals surface area contributed by atoms with Gasteiger partial charge in [0.15, 0.2) is 0 Å². The van der Waals surface area contributed by atoms with Crippen molar-refractivity contribution in [3.8, 4) is 0 Å². The van der Waals surface area contributed by atoms with E-state index in [2.05, 4.69) is 0 Å². The van der Waals surface area contributed by atoms with Crippen molar-refractivity contribution in [1.82, 2.24) is 0 Å². The summed E-state index contributed by atoms with van der Waals surface area (Å²) in [6.45, 7) is 9.95. The minimum Gasteiger partial charge on any atom is -0.458 e. The van der Waals surface area contributed by atoms with Crippen molar-refractivity contribution in [3.63, 3.8) is 0 Å². The molecule has 3 unspecified atom stereocenters. The first kappa shape index (κ1) is 17.8. The van der Waals surface area contributed by atoms with Crippen molar-refractivity contribution in [3.05, 3.63) is 0 Å². The highest BCUT2D eigenvalue weighted by molar-refractivity contribution is 5.84. The lowest BCUT2D eigenvalue weighted by molar-refractivity contribution is -0.202. The summed E-state index contributed by atoms with van der Waals surface area (Å²) >= 11 is 0. The Morgan fingerprint density at radius 1 is 1.17 bits per heavy atom. The maximum absolute atomic E-state index is 12.5. The third-order valence-corrected chi connectivity index (χ3v) is 4.54. The number of carbonyl (C=O) groups excluding carboxylic acids is 3. The van der Waals surface area contributed by atoms with Crippen molar-refractivity contribution in [2.75, 3.05) is 0 Å². The molecular formula is C17H26O6. The number of ether oxygens (including phenoxy) is 3. The molecule has 6 heteroatoms. The molecule has 2 aliphatic rings. The molecular weight excluding hydrogens is 300 g/mol. The van der Waals surface area contributed by atoms with Gasteiger partial charge in [-0.25, -0.2) is 4.79 Å². The standard InChI is InChI=1S/C17H26O6/c1-15(2,3)13(19)22-16(4,5)14(20)23-17(6)8-7-10-9-11(17)21-12(10)18/h10-11H,7-9H2,1-6H3. The minimum absolute atomic E-state index is 0.0847. The molecule has 0 spiro atoms. The lowest BCUT2D eigenvalue weighted by atomic mass is 9.79. The summed E-state index contributed by atoms with van der Waals surface area (Å²) < 4.78 is 16.3. The Labute approximate surface area is 136 Å². The lowest BCUT2D eigenvalue weighted by Gasteiger charge is -2.38. The number of fused-ring (bicyclic) bond motifs is 2. The molecule has 1 saturated carbocycles. The van der Waals surface area contributed by atoms with E-state index in [1.807, 2.05) is 0 Å². The summed E-state index contributed by atoms with van der Waals surface area (Å²) in [6.07, 6.45) is 1.35. The number of rotatable bonds is 3. The van der Waals surface area contributed by atoms with Crippen LogP contribution in [0.1, 0.15) is 60.8 Å². The van der Waals surface area contributed by atoms with Gasteiger partial charge in [-0.3, -0.25) is 9.59 Å². The molecule has 2 bridgehead atoms. The van der Waals surface area contributed by atoms with Crippen molar-refractivity contribution in [2.45, 2.75) is 78.1 Å². The molecule has 0 aromatic heterocycles. The molecule has 1 aliphatic heterocycles. The molecule has 3 atom stereocenters. The number of hydrogen-bond acceptors (Lipinski definition) is 6. The molecule has 0 aromatic rings. The minimum atomic E-state index is -1.40. The van der Waals surface area contributed by atoms with Gasteiger partial charge in [0.25, 0.3) is 0 Å². The molecule has 0 radical (unpaired) electrons. The zero-order valence-corrected chi connectivity index (χ0v) is 14.7. The van der Waals surface area contributed by atoms with Crippen LogP contribution >= 0.6 is 0 Å². The van der Waals surface area contributed by atoms with Crippen molar-refractivity contribution in [2.24, 2.45) is 11.3 Å². The van der Waals surface area contributed by atoms with Crippen LogP contribution in [0.5, 0.6) is 0 Å². The van der Waals surface area contributed by atoms with Crippen LogP contribution in [-0.4, -0.2) is 35.2 Å².